The van der Waals surface area contributed by atoms with Crippen molar-refractivity contribution in [2.24, 2.45) is 0 Å². The zero-order valence-corrected chi connectivity index (χ0v) is 9.15. The first-order valence-corrected chi connectivity index (χ1v) is 5.88. The lowest BCUT2D eigenvalue weighted by Gasteiger charge is -2.22. The van der Waals surface area contributed by atoms with E-state index >= 15 is 0 Å². The normalized spacial score (nSPS) is 17.8. The number of nitrogens with zero attached hydrogens (tertiary/aromatic N) is 2. The van der Waals surface area contributed by atoms with Crippen LogP contribution >= 0.6 is 0 Å². The average molecular weight is 217 g/mol. The highest BCUT2D eigenvalue weighted by atomic mass is 16.3. The third-order valence-corrected chi connectivity index (χ3v) is 3.19. The second-order valence-electron chi connectivity index (χ2n) is 4.34. The molecule has 0 amide bonds. The summed E-state index contributed by atoms with van der Waals surface area (Å²) in [6, 6.07) is 2.40. The lowest BCUT2D eigenvalue weighted by molar-refractivity contribution is 0.461. The topological polar surface area (TPSA) is 51.0 Å². The Hall–Kier alpha value is -1.58. The molecular formula is C12H15N3O. The maximum atomic E-state index is 5.40. The summed E-state index contributed by atoms with van der Waals surface area (Å²) in [5.41, 5.74) is 1.64. The van der Waals surface area contributed by atoms with Gasteiger partial charge in [-0.3, -0.25) is 0 Å². The summed E-state index contributed by atoms with van der Waals surface area (Å²) in [6.45, 7) is 0. The molecule has 0 spiro atoms. The van der Waals surface area contributed by atoms with Gasteiger partial charge in [0.25, 0.3) is 0 Å². The summed E-state index contributed by atoms with van der Waals surface area (Å²) in [7, 11) is 0. The number of nitrogens with one attached hydrogen (secondary N) is 1. The predicted molar refractivity (Wildman–Crippen MR) is 62.3 cm³/mol. The van der Waals surface area contributed by atoms with E-state index in [1.165, 1.54) is 32.1 Å². The molecule has 4 nitrogen and oxygen atoms in total. The molecule has 1 N–H and O–H groups in total. The largest absolute Gasteiger partial charge is 0.459 e. The summed E-state index contributed by atoms with van der Waals surface area (Å²) < 4.78 is 5.40. The Bertz CT molecular complexity index is 474. The Morgan fingerprint density at radius 3 is 2.94 bits per heavy atom. The maximum absolute atomic E-state index is 5.40. The smallest absolute Gasteiger partial charge is 0.194 e. The monoisotopic (exact) mass is 217 g/mol. The fraction of sp³-hybridized carbons (Fsp3) is 0.500. The van der Waals surface area contributed by atoms with Crippen LogP contribution in [-0.2, 0) is 0 Å². The molecule has 4 heteroatoms. The van der Waals surface area contributed by atoms with Gasteiger partial charge < -0.3 is 9.73 Å². The summed E-state index contributed by atoms with van der Waals surface area (Å²) in [4.78, 5) is 8.41. The Balaban J connectivity index is 1.85. The quantitative estimate of drug-likeness (QED) is 0.840. The maximum Gasteiger partial charge on any atom is 0.194 e. The lowest BCUT2D eigenvalue weighted by atomic mass is 9.95. The number of anilines is 1. The first kappa shape index (κ1) is 9.63. The highest BCUT2D eigenvalue weighted by Gasteiger charge is 2.15. The Morgan fingerprint density at radius 1 is 1.19 bits per heavy atom. The lowest BCUT2D eigenvalue weighted by Crippen LogP contribution is -2.22. The number of hydrogen-bond acceptors (Lipinski definition) is 4. The second kappa shape index (κ2) is 4.12. The number of rotatable bonds is 2. The predicted octanol–water partition coefficient (Wildman–Crippen LogP) is 2.97. The second-order valence-corrected chi connectivity index (χ2v) is 4.34. The molecule has 1 fully saturated rings. The Labute approximate surface area is 94.1 Å². The van der Waals surface area contributed by atoms with E-state index in [9.17, 15) is 0 Å². The molecule has 16 heavy (non-hydrogen) atoms. The van der Waals surface area contributed by atoms with Crippen LogP contribution < -0.4 is 5.32 Å². The van der Waals surface area contributed by atoms with E-state index in [2.05, 4.69) is 15.3 Å². The van der Waals surface area contributed by atoms with Crippen LogP contribution in [0.5, 0.6) is 0 Å². The molecule has 1 aliphatic carbocycles. The first-order chi connectivity index (χ1) is 7.93. The average Bonchev–Trinajstić information content (AvgIpc) is 2.80. The van der Waals surface area contributed by atoms with Crippen molar-refractivity contribution in [1.82, 2.24) is 9.97 Å². The van der Waals surface area contributed by atoms with Gasteiger partial charge in [-0.15, -0.1) is 0 Å². The molecule has 2 heterocycles. The molecule has 1 aliphatic rings. The Morgan fingerprint density at radius 2 is 2.06 bits per heavy atom. The van der Waals surface area contributed by atoms with Gasteiger partial charge in [0, 0.05) is 12.1 Å². The molecule has 2 aromatic heterocycles. The van der Waals surface area contributed by atoms with Crippen molar-refractivity contribution in [2.75, 3.05) is 5.32 Å². The van der Waals surface area contributed by atoms with Crippen LogP contribution in [0, 0.1) is 0 Å². The SMILES string of the molecule is c1nc(NC2CCCCC2)c2occc2n1. The number of hydrogen-bond donors (Lipinski definition) is 1. The molecule has 3 rings (SSSR count). The molecule has 0 aromatic carbocycles. The third-order valence-electron chi connectivity index (χ3n) is 3.19. The fourth-order valence-corrected chi connectivity index (χ4v) is 2.33. The van der Waals surface area contributed by atoms with Crippen LogP contribution in [0.1, 0.15) is 32.1 Å². The van der Waals surface area contributed by atoms with Crippen molar-refractivity contribution < 1.29 is 4.42 Å². The van der Waals surface area contributed by atoms with Crippen LogP contribution in [0.3, 0.4) is 0 Å². The molecule has 2 aromatic rings. The summed E-state index contributed by atoms with van der Waals surface area (Å²) in [5.74, 6) is 0.835. The van der Waals surface area contributed by atoms with Crippen LogP contribution in [0.15, 0.2) is 23.1 Å². The molecule has 84 valence electrons. The van der Waals surface area contributed by atoms with Crippen molar-refractivity contribution >= 4 is 16.9 Å². The van der Waals surface area contributed by atoms with Crippen LogP contribution in [-0.4, -0.2) is 16.0 Å². The number of furan rings is 1. The molecule has 0 atom stereocenters. The van der Waals surface area contributed by atoms with E-state index in [-0.39, 0.29) is 0 Å². The van der Waals surface area contributed by atoms with E-state index in [0.29, 0.717) is 6.04 Å². The van der Waals surface area contributed by atoms with Crippen molar-refractivity contribution in [3.63, 3.8) is 0 Å². The first-order valence-electron chi connectivity index (χ1n) is 5.88. The highest BCUT2D eigenvalue weighted by Crippen LogP contribution is 2.25. The zero-order valence-electron chi connectivity index (χ0n) is 9.15. The minimum absolute atomic E-state index is 0.539. The van der Waals surface area contributed by atoms with Crippen LogP contribution in [0.4, 0.5) is 5.82 Å². The van der Waals surface area contributed by atoms with Gasteiger partial charge in [0.2, 0.25) is 0 Å². The van der Waals surface area contributed by atoms with Gasteiger partial charge >= 0.3 is 0 Å². The minimum atomic E-state index is 0.539. The van der Waals surface area contributed by atoms with Crippen LogP contribution in [0.25, 0.3) is 11.1 Å². The highest BCUT2D eigenvalue weighted by molar-refractivity contribution is 5.83. The van der Waals surface area contributed by atoms with Crippen molar-refractivity contribution in [1.29, 1.82) is 0 Å². The van der Waals surface area contributed by atoms with Gasteiger partial charge in [-0.25, -0.2) is 9.97 Å². The zero-order chi connectivity index (χ0) is 10.8. The molecule has 1 saturated carbocycles. The molecule has 0 bridgehead atoms. The van der Waals surface area contributed by atoms with E-state index < -0.39 is 0 Å². The van der Waals surface area contributed by atoms with E-state index in [4.69, 9.17) is 4.42 Å². The van der Waals surface area contributed by atoms with Gasteiger partial charge in [-0.2, -0.15) is 0 Å². The molecule has 0 radical (unpaired) electrons. The van der Waals surface area contributed by atoms with Crippen LogP contribution in [0.2, 0.25) is 0 Å². The van der Waals surface area contributed by atoms with E-state index in [0.717, 1.165) is 16.9 Å². The standard InChI is InChI=1S/C12H15N3O/c1-2-4-9(5-3-1)15-12-11-10(6-7-16-11)13-8-14-12/h6-9H,1-5H2,(H,13,14,15). The van der Waals surface area contributed by atoms with Gasteiger partial charge in [-0.1, -0.05) is 19.3 Å². The van der Waals surface area contributed by atoms with Gasteiger partial charge in [0.15, 0.2) is 11.4 Å². The van der Waals surface area contributed by atoms with Gasteiger partial charge in [0.05, 0.1) is 6.26 Å². The number of fused-ring (bicyclic) bond motifs is 1. The van der Waals surface area contributed by atoms with Crippen molar-refractivity contribution in [3.05, 3.63) is 18.7 Å². The third kappa shape index (κ3) is 1.75. The van der Waals surface area contributed by atoms with Crippen molar-refractivity contribution in [2.45, 2.75) is 38.1 Å². The molecule has 0 aliphatic heterocycles. The fourth-order valence-electron chi connectivity index (χ4n) is 2.33. The van der Waals surface area contributed by atoms with E-state index in [1.807, 2.05) is 6.07 Å². The summed E-state index contributed by atoms with van der Waals surface area (Å²) >= 11 is 0. The molecule has 0 saturated heterocycles. The number of aromatic nitrogens is 2. The summed E-state index contributed by atoms with van der Waals surface area (Å²) in [5, 5.41) is 3.47. The van der Waals surface area contributed by atoms with Gasteiger partial charge in [0.1, 0.15) is 11.8 Å². The molecule has 0 unspecified atom stereocenters. The molecular weight excluding hydrogens is 202 g/mol. The Kier molecular flexibility index (Phi) is 2.48. The van der Waals surface area contributed by atoms with Gasteiger partial charge in [-0.05, 0) is 12.8 Å². The minimum Gasteiger partial charge on any atom is -0.459 e. The summed E-state index contributed by atoms with van der Waals surface area (Å²) in [6.07, 6.45) is 9.68. The van der Waals surface area contributed by atoms with Crippen molar-refractivity contribution in [3.8, 4) is 0 Å². The van der Waals surface area contributed by atoms with E-state index in [1.54, 1.807) is 12.6 Å².